The SMILES string of the molecule is O=C1N(c2ncccn2)c2cc(Cl)ccc2C1(Cl)Cl. The largest absolute Gasteiger partial charge is 0.275 e. The van der Waals surface area contributed by atoms with Crippen molar-refractivity contribution in [2.24, 2.45) is 0 Å². The maximum absolute atomic E-state index is 12.3. The second-order valence-corrected chi connectivity index (χ2v) is 5.69. The molecule has 0 saturated carbocycles. The number of hydrogen-bond acceptors (Lipinski definition) is 3. The van der Waals surface area contributed by atoms with Crippen LogP contribution in [0.4, 0.5) is 11.6 Å². The molecule has 0 unspecified atom stereocenters. The Bertz CT molecular complexity index is 661. The van der Waals surface area contributed by atoms with Crippen molar-refractivity contribution in [2.45, 2.75) is 4.33 Å². The van der Waals surface area contributed by atoms with Gasteiger partial charge >= 0.3 is 0 Å². The minimum atomic E-state index is -1.65. The Morgan fingerprint density at radius 1 is 1.16 bits per heavy atom. The number of rotatable bonds is 1. The molecule has 1 amide bonds. The van der Waals surface area contributed by atoms with Gasteiger partial charge in [0.1, 0.15) is 0 Å². The number of aromatic nitrogens is 2. The molecule has 0 fully saturated rings. The molecule has 1 aliphatic rings. The Morgan fingerprint density at radius 2 is 1.84 bits per heavy atom. The van der Waals surface area contributed by atoms with Crippen LogP contribution in [0.3, 0.4) is 0 Å². The molecule has 0 radical (unpaired) electrons. The Morgan fingerprint density at radius 3 is 2.53 bits per heavy atom. The van der Waals surface area contributed by atoms with Gasteiger partial charge in [0, 0.05) is 23.0 Å². The Balaban J connectivity index is 2.23. The summed E-state index contributed by atoms with van der Waals surface area (Å²) >= 11 is 18.2. The van der Waals surface area contributed by atoms with Gasteiger partial charge in [-0.2, -0.15) is 0 Å². The molecule has 19 heavy (non-hydrogen) atoms. The smallest absolute Gasteiger partial charge is 0.270 e. The molecule has 2 aromatic rings. The monoisotopic (exact) mass is 313 g/mol. The molecule has 0 N–H and O–H groups in total. The first-order chi connectivity index (χ1) is 9.01. The first-order valence-corrected chi connectivity index (χ1v) is 6.44. The number of amides is 1. The van der Waals surface area contributed by atoms with Crippen molar-refractivity contribution in [3.8, 4) is 0 Å². The van der Waals surface area contributed by atoms with Crippen LogP contribution in [0.5, 0.6) is 0 Å². The fourth-order valence-electron chi connectivity index (χ4n) is 1.93. The predicted molar refractivity (Wildman–Crippen MR) is 74.0 cm³/mol. The molecular weight excluding hydrogens is 309 g/mol. The van der Waals surface area contributed by atoms with Gasteiger partial charge in [-0.3, -0.25) is 4.79 Å². The first kappa shape index (κ1) is 12.7. The maximum atomic E-state index is 12.3. The van der Waals surface area contributed by atoms with Crippen molar-refractivity contribution < 1.29 is 4.79 Å². The minimum absolute atomic E-state index is 0.208. The zero-order valence-electron chi connectivity index (χ0n) is 9.35. The van der Waals surface area contributed by atoms with E-state index >= 15 is 0 Å². The number of carbonyl (C=O) groups excluding carboxylic acids is 1. The summed E-state index contributed by atoms with van der Waals surface area (Å²) in [6, 6.07) is 6.51. The summed E-state index contributed by atoms with van der Waals surface area (Å²) in [4.78, 5) is 21.7. The molecule has 0 atom stereocenters. The summed E-state index contributed by atoms with van der Waals surface area (Å²) in [5.41, 5.74) is 0.964. The van der Waals surface area contributed by atoms with E-state index in [1.165, 1.54) is 17.3 Å². The molecule has 1 aromatic heterocycles. The highest BCUT2D eigenvalue weighted by Crippen LogP contribution is 2.50. The van der Waals surface area contributed by atoms with Gasteiger partial charge in [0.15, 0.2) is 0 Å². The van der Waals surface area contributed by atoms with Gasteiger partial charge in [0.2, 0.25) is 10.3 Å². The Labute approximate surface area is 123 Å². The number of benzene rings is 1. The van der Waals surface area contributed by atoms with Crippen LogP contribution in [-0.2, 0) is 9.13 Å². The van der Waals surface area contributed by atoms with Crippen LogP contribution in [0, 0.1) is 0 Å². The molecule has 0 saturated heterocycles. The number of anilines is 2. The van der Waals surface area contributed by atoms with Gasteiger partial charge in [-0.15, -0.1) is 0 Å². The molecule has 7 heteroatoms. The topological polar surface area (TPSA) is 46.1 Å². The molecule has 2 heterocycles. The summed E-state index contributed by atoms with van der Waals surface area (Å²) < 4.78 is -1.65. The lowest BCUT2D eigenvalue weighted by atomic mass is 10.1. The van der Waals surface area contributed by atoms with E-state index in [0.29, 0.717) is 16.3 Å². The molecule has 3 rings (SSSR count). The molecule has 1 aliphatic heterocycles. The van der Waals surface area contributed by atoms with Gasteiger partial charge in [-0.1, -0.05) is 40.9 Å². The molecule has 0 aliphatic carbocycles. The van der Waals surface area contributed by atoms with Crippen LogP contribution < -0.4 is 4.90 Å². The number of carbonyl (C=O) groups is 1. The van der Waals surface area contributed by atoms with E-state index in [0.717, 1.165) is 0 Å². The van der Waals surface area contributed by atoms with Gasteiger partial charge in [-0.25, -0.2) is 14.9 Å². The zero-order valence-corrected chi connectivity index (χ0v) is 11.6. The Kier molecular flexibility index (Phi) is 2.89. The number of halogens is 3. The van der Waals surface area contributed by atoms with Gasteiger partial charge in [0.25, 0.3) is 5.91 Å². The third-order valence-corrected chi connectivity index (χ3v) is 3.73. The summed E-state index contributed by atoms with van der Waals surface area (Å²) in [6.45, 7) is 0. The van der Waals surface area contributed by atoms with Crippen molar-refractivity contribution in [1.29, 1.82) is 0 Å². The first-order valence-electron chi connectivity index (χ1n) is 5.31. The van der Waals surface area contributed by atoms with Crippen molar-refractivity contribution in [3.05, 3.63) is 47.2 Å². The molecule has 0 spiro atoms. The van der Waals surface area contributed by atoms with E-state index in [9.17, 15) is 4.79 Å². The van der Waals surface area contributed by atoms with Crippen molar-refractivity contribution >= 4 is 52.3 Å². The predicted octanol–water partition coefficient (Wildman–Crippen LogP) is 3.44. The molecule has 96 valence electrons. The third-order valence-electron chi connectivity index (χ3n) is 2.76. The summed E-state index contributed by atoms with van der Waals surface area (Å²) in [5.74, 6) is -0.307. The van der Waals surface area contributed by atoms with Crippen LogP contribution in [0.25, 0.3) is 0 Å². The lowest BCUT2D eigenvalue weighted by Gasteiger charge is -2.15. The molecular formula is C12H6Cl3N3O. The van der Waals surface area contributed by atoms with E-state index in [1.54, 1.807) is 24.3 Å². The normalized spacial score (nSPS) is 16.6. The Hall–Kier alpha value is -1.36. The molecule has 4 nitrogen and oxygen atoms in total. The lowest BCUT2D eigenvalue weighted by Crippen LogP contribution is -2.30. The zero-order chi connectivity index (χ0) is 13.6. The maximum Gasteiger partial charge on any atom is 0.275 e. The number of alkyl halides is 2. The van der Waals surface area contributed by atoms with E-state index < -0.39 is 10.2 Å². The van der Waals surface area contributed by atoms with Crippen LogP contribution in [0.15, 0.2) is 36.7 Å². The molecule has 0 bridgehead atoms. The van der Waals surface area contributed by atoms with E-state index in [1.807, 2.05) is 0 Å². The molecule has 1 aromatic carbocycles. The minimum Gasteiger partial charge on any atom is -0.270 e. The standard InChI is InChI=1S/C12H6Cl3N3O/c13-7-2-3-8-9(6-7)18(10(19)12(8,14)15)11-16-4-1-5-17-11/h1-6H. The van der Waals surface area contributed by atoms with Crippen LogP contribution in [-0.4, -0.2) is 15.9 Å². The van der Waals surface area contributed by atoms with Gasteiger partial charge < -0.3 is 0 Å². The lowest BCUT2D eigenvalue weighted by molar-refractivity contribution is -0.118. The van der Waals surface area contributed by atoms with E-state index in [-0.39, 0.29) is 5.95 Å². The van der Waals surface area contributed by atoms with Crippen molar-refractivity contribution in [1.82, 2.24) is 9.97 Å². The van der Waals surface area contributed by atoms with E-state index in [4.69, 9.17) is 34.8 Å². The summed E-state index contributed by atoms with van der Waals surface area (Å²) in [5, 5.41) is 0.471. The summed E-state index contributed by atoms with van der Waals surface area (Å²) in [7, 11) is 0. The number of nitrogens with zero attached hydrogens (tertiary/aromatic N) is 3. The van der Waals surface area contributed by atoms with Crippen LogP contribution in [0.2, 0.25) is 5.02 Å². The highest BCUT2D eigenvalue weighted by atomic mass is 35.5. The third kappa shape index (κ3) is 1.87. The van der Waals surface area contributed by atoms with Crippen molar-refractivity contribution in [3.63, 3.8) is 0 Å². The van der Waals surface area contributed by atoms with Crippen molar-refractivity contribution in [2.75, 3.05) is 4.90 Å². The quantitative estimate of drug-likeness (QED) is 0.758. The number of fused-ring (bicyclic) bond motifs is 1. The average Bonchev–Trinajstić information content (AvgIpc) is 2.58. The van der Waals surface area contributed by atoms with E-state index in [2.05, 4.69) is 9.97 Å². The van der Waals surface area contributed by atoms with Crippen LogP contribution >= 0.6 is 34.8 Å². The average molecular weight is 315 g/mol. The second-order valence-electron chi connectivity index (χ2n) is 3.93. The summed E-state index contributed by atoms with van der Waals surface area (Å²) in [6.07, 6.45) is 3.06. The highest BCUT2D eigenvalue weighted by molar-refractivity contribution is 6.60. The van der Waals surface area contributed by atoms with Crippen LogP contribution in [0.1, 0.15) is 5.56 Å². The van der Waals surface area contributed by atoms with Gasteiger partial charge in [-0.05, 0) is 18.2 Å². The number of hydrogen-bond donors (Lipinski definition) is 0. The van der Waals surface area contributed by atoms with Gasteiger partial charge in [0.05, 0.1) is 5.69 Å². The second kappa shape index (κ2) is 4.34. The fraction of sp³-hybridized carbons (Fsp3) is 0.0833. The fourth-order valence-corrected chi connectivity index (χ4v) is 2.58. The highest BCUT2D eigenvalue weighted by Gasteiger charge is 2.50.